The number of methoxy groups -OCH3 is 2. The van der Waals surface area contributed by atoms with Crippen molar-refractivity contribution in [1.82, 2.24) is 40.4 Å². The molecule has 2 fully saturated rings. The molecule has 2 aliphatic rings. The lowest BCUT2D eigenvalue weighted by Gasteiger charge is -2.37. The number of nitrogens with zero attached hydrogens (tertiary/aromatic N) is 4. The average Bonchev–Trinajstić information content (AvgIpc) is 4.04. The van der Waals surface area contributed by atoms with Crippen molar-refractivity contribution >= 4 is 24.0 Å². The highest BCUT2D eigenvalue weighted by atomic mass is 16.5. The molecule has 4 amide bonds. The average molecular weight is 767 g/mol. The molecule has 2 saturated heterocycles. The lowest BCUT2D eigenvalue weighted by molar-refractivity contribution is -0.141. The molecule has 0 bridgehead atoms. The molecule has 2 aliphatic heterocycles. The maximum atomic E-state index is 13.8. The van der Waals surface area contributed by atoms with E-state index in [9.17, 15) is 19.2 Å². The molecule has 2 aromatic carbocycles. The zero-order chi connectivity index (χ0) is 40.4. The Morgan fingerprint density at radius 3 is 1.30 bits per heavy atom. The van der Waals surface area contributed by atoms with E-state index < -0.39 is 23.3 Å². The quantitative estimate of drug-likeness (QED) is 0.126. The SMILES string of the molecule is COC(=O)N[C@](C)(C(=O)N1CCCC1c1ncc(-c2ccc(-c3ccc(-c4cnc([C@@H]5CCCN5C(=O)[C@@](C)(NC(=O)OC)C(C)C)[nH]4)cc3)cc2)[nH]1)C(C)C. The number of H-pyrrole nitrogens is 2. The summed E-state index contributed by atoms with van der Waals surface area (Å²) in [5.74, 6) is 0.800. The van der Waals surface area contributed by atoms with Gasteiger partial charge in [0.2, 0.25) is 11.8 Å². The Labute approximate surface area is 328 Å². The highest BCUT2D eigenvalue weighted by molar-refractivity contribution is 5.91. The van der Waals surface area contributed by atoms with Gasteiger partial charge in [-0.25, -0.2) is 19.6 Å². The first kappa shape index (κ1) is 40.0. The van der Waals surface area contributed by atoms with Gasteiger partial charge in [0.1, 0.15) is 22.7 Å². The summed E-state index contributed by atoms with van der Waals surface area (Å²) in [7, 11) is 2.58. The molecule has 4 atom stereocenters. The maximum absolute atomic E-state index is 13.8. The van der Waals surface area contributed by atoms with Crippen LogP contribution in [0.1, 0.15) is 91.0 Å². The Kier molecular flexibility index (Phi) is 11.6. The second-order valence-electron chi connectivity index (χ2n) is 15.8. The van der Waals surface area contributed by atoms with Gasteiger partial charge in [-0.05, 0) is 73.6 Å². The number of amides is 4. The van der Waals surface area contributed by atoms with Gasteiger partial charge in [0, 0.05) is 13.1 Å². The minimum Gasteiger partial charge on any atom is -0.453 e. The summed E-state index contributed by atoms with van der Waals surface area (Å²) in [6, 6.07) is 16.0. The number of aromatic nitrogens is 4. The fourth-order valence-electron chi connectivity index (χ4n) is 7.59. The summed E-state index contributed by atoms with van der Waals surface area (Å²) >= 11 is 0. The topological polar surface area (TPSA) is 175 Å². The van der Waals surface area contributed by atoms with Gasteiger partial charge < -0.3 is 39.9 Å². The predicted octanol–water partition coefficient (Wildman–Crippen LogP) is 7.00. The highest BCUT2D eigenvalue weighted by Gasteiger charge is 2.47. The van der Waals surface area contributed by atoms with Gasteiger partial charge in [0.05, 0.1) is 50.1 Å². The van der Waals surface area contributed by atoms with Crippen molar-refractivity contribution in [2.75, 3.05) is 27.3 Å². The summed E-state index contributed by atoms with van der Waals surface area (Å²) in [6.07, 6.45) is 5.54. The van der Waals surface area contributed by atoms with E-state index in [0.717, 1.165) is 59.3 Å². The van der Waals surface area contributed by atoms with Crippen LogP contribution in [-0.4, -0.2) is 92.1 Å². The first-order valence-corrected chi connectivity index (χ1v) is 19.4. The van der Waals surface area contributed by atoms with Gasteiger partial charge in [0.15, 0.2) is 0 Å². The van der Waals surface area contributed by atoms with Crippen molar-refractivity contribution < 1.29 is 28.7 Å². The van der Waals surface area contributed by atoms with E-state index in [1.165, 1.54) is 14.2 Å². The lowest BCUT2D eigenvalue weighted by atomic mass is 9.86. The van der Waals surface area contributed by atoms with E-state index in [1.54, 1.807) is 26.2 Å². The fraction of sp³-hybridized carbons (Fsp3) is 0.476. The summed E-state index contributed by atoms with van der Waals surface area (Å²) in [6.45, 7) is 12.3. The van der Waals surface area contributed by atoms with Crippen LogP contribution in [0.2, 0.25) is 0 Å². The zero-order valence-electron chi connectivity index (χ0n) is 33.6. The molecule has 0 spiro atoms. The molecular formula is C42H54N8O6. The minimum absolute atomic E-state index is 0.158. The molecule has 298 valence electrons. The van der Waals surface area contributed by atoms with Gasteiger partial charge in [-0.2, -0.15) is 0 Å². The minimum atomic E-state index is -1.12. The second-order valence-corrected chi connectivity index (χ2v) is 15.8. The summed E-state index contributed by atoms with van der Waals surface area (Å²) in [4.78, 5) is 71.9. The van der Waals surface area contributed by atoms with Gasteiger partial charge in [-0.15, -0.1) is 0 Å². The number of carbonyl (C=O) groups excluding carboxylic acids is 4. The third-order valence-corrected chi connectivity index (χ3v) is 11.9. The van der Waals surface area contributed by atoms with Crippen LogP contribution >= 0.6 is 0 Å². The monoisotopic (exact) mass is 766 g/mol. The first-order valence-electron chi connectivity index (χ1n) is 19.4. The zero-order valence-corrected chi connectivity index (χ0v) is 33.6. The van der Waals surface area contributed by atoms with E-state index in [4.69, 9.17) is 19.4 Å². The fourth-order valence-corrected chi connectivity index (χ4v) is 7.59. The van der Waals surface area contributed by atoms with E-state index in [1.807, 2.05) is 37.5 Å². The Balaban J connectivity index is 1.12. The van der Waals surface area contributed by atoms with Crippen molar-refractivity contribution in [1.29, 1.82) is 0 Å². The molecule has 0 saturated carbocycles. The Hall–Kier alpha value is -5.66. The molecule has 0 aliphatic carbocycles. The van der Waals surface area contributed by atoms with Gasteiger partial charge in [-0.3, -0.25) is 9.59 Å². The Morgan fingerprint density at radius 1 is 0.643 bits per heavy atom. The molecule has 4 heterocycles. The molecule has 56 heavy (non-hydrogen) atoms. The van der Waals surface area contributed by atoms with Crippen LogP contribution < -0.4 is 10.6 Å². The second kappa shape index (κ2) is 16.2. The van der Waals surface area contributed by atoms with Crippen LogP contribution in [0.15, 0.2) is 60.9 Å². The number of alkyl carbamates (subject to hydrolysis) is 2. The van der Waals surface area contributed by atoms with E-state index in [2.05, 4.69) is 69.1 Å². The van der Waals surface area contributed by atoms with Crippen LogP contribution in [0, 0.1) is 11.8 Å². The standard InChI is InChI=1S/C42H54N8O6/c1-25(2)41(5,47-39(53)55-7)37(51)49-21-9-11-33(49)35-43-23-31(45-35)29-17-13-27(14-18-29)28-15-19-30(20-16-28)32-24-44-36(46-32)34-12-10-22-50(34)38(52)42(6,26(3)4)48-40(54)56-8/h13-20,23-26,33-34H,9-12,21-22H2,1-8H3,(H,43,45)(H,44,46)(H,47,53)(H,48,54)/t33-,34?,41-,42-/m0/s1. The normalized spacial score (nSPS) is 19.1. The molecule has 0 radical (unpaired) electrons. The van der Waals surface area contributed by atoms with Crippen molar-refractivity contribution in [3.8, 4) is 33.6 Å². The third kappa shape index (κ3) is 7.74. The largest absolute Gasteiger partial charge is 0.453 e. The van der Waals surface area contributed by atoms with Gasteiger partial charge >= 0.3 is 12.2 Å². The number of hydrogen-bond acceptors (Lipinski definition) is 8. The van der Waals surface area contributed by atoms with Crippen LogP contribution in [-0.2, 0) is 19.1 Å². The van der Waals surface area contributed by atoms with Gasteiger partial charge in [0.25, 0.3) is 0 Å². The van der Waals surface area contributed by atoms with E-state index in [-0.39, 0.29) is 35.7 Å². The Bertz CT molecular complexity index is 1890. The summed E-state index contributed by atoms with van der Waals surface area (Å²) in [5.41, 5.74) is 3.51. The van der Waals surface area contributed by atoms with Crippen LogP contribution in [0.25, 0.3) is 33.6 Å². The molecule has 2 aromatic heterocycles. The summed E-state index contributed by atoms with van der Waals surface area (Å²) in [5, 5.41) is 5.54. The van der Waals surface area contributed by atoms with Gasteiger partial charge in [-0.1, -0.05) is 76.2 Å². The van der Waals surface area contributed by atoms with Crippen molar-refractivity contribution in [3.05, 3.63) is 72.6 Å². The number of hydrogen-bond donors (Lipinski definition) is 4. The number of ether oxygens (including phenoxy) is 2. The van der Waals surface area contributed by atoms with Crippen molar-refractivity contribution in [2.45, 2.75) is 90.4 Å². The summed E-state index contributed by atoms with van der Waals surface area (Å²) < 4.78 is 9.64. The number of nitrogens with one attached hydrogen (secondary N) is 4. The number of benzene rings is 2. The lowest BCUT2D eigenvalue weighted by Crippen LogP contribution is -2.60. The molecule has 6 rings (SSSR count). The molecule has 14 heteroatoms. The molecular weight excluding hydrogens is 713 g/mol. The molecule has 14 nitrogen and oxygen atoms in total. The van der Waals surface area contributed by atoms with Crippen LogP contribution in [0.4, 0.5) is 9.59 Å². The maximum Gasteiger partial charge on any atom is 0.407 e. The van der Waals surface area contributed by atoms with Crippen LogP contribution in [0.5, 0.6) is 0 Å². The molecule has 4 aromatic rings. The van der Waals surface area contributed by atoms with Crippen molar-refractivity contribution in [3.63, 3.8) is 0 Å². The molecule has 1 unspecified atom stereocenters. The van der Waals surface area contributed by atoms with E-state index >= 15 is 0 Å². The Morgan fingerprint density at radius 2 is 0.982 bits per heavy atom. The third-order valence-electron chi connectivity index (χ3n) is 11.9. The number of imidazole rings is 2. The number of likely N-dealkylation sites (tertiary alicyclic amines) is 2. The smallest absolute Gasteiger partial charge is 0.407 e. The number of aromatic amines is 2. The number of carbonyl (C=O) groups is 4. The van der Waals surface area contributed by atoms with Crippen molar-refractivity contribution in [2.24, 2.45) is 11.8 Å². The highest BCUT2D eigenvalue weighted by Crippen LogP contribution is 2.37. The first-order chi connectivity index (χ1) is 26.7. The van der Waals surface area contributed by atoms with E-state index in [0.29, 0.717) is 24.7 Å². The molecule has 4 N–H and O–H groups in total. The predicted molar refractivity (Wildman–Crippen MR) is 212 cm³/mol. The number of rotatable bonds is 11. The van der Waals surface area contributed by atoms with Crippen LogP contribution in [0.3, 0.4) is 0 Å².